The normalized spacial score (nSPS) is 19.9. The predicted molar refractivity (Wildman–Crippen MR) is 115 cm³/mol. The molecule has 8 nitrogen and oxygen atoms in total. The summed E-state index contributed by atoms with van der Waals surface area (Å²) in [7, 11) is 0. The molecule has 204 valence electrons. The number of alkyl halides is 8. The first kappa shape index (κ1) is 27.2. The highest BCUT2D eigenvalue weighted by molar-refractivity contribution is 5.96. The zero-order valence-electron chi connectivity index (χ0n) is 19.4. The summed E-state index contributed by atoms with van der Waals surface area (Å²) in [6.07, 6.45) is -7.19. The Hall–Kier alpha value is -3.85. The Morgan fingerprint density at radius 3 is 2.32 bits per heavy atom. The number of hydrogen-bond acceptors (Lipinski definition) is 6. The number of carbonyl (C=O) groups is 1. The second-order valence-electron chi connectivity index (χ2n) is 8.73. The lowest BCUT2D eigenvalue weighted by atomic mass is 9.88. The maximum Gasteiger partial charge on any atom is 0.433 e. The lowest BCUT2D eigenvalue weighted by Crippen LogP contribution is -2.57. The van der Waals surface area contributed by atoms with Gasteiger partial charge >= 0.3 is 12.4 Å². The molecule has 1 aliphatic heterocycles. The van der Waals surface area contributed by atoms with Gasteiger partial charge in [-0.1, -0.05) is 6.92 Å². The van der Waals surface area contributed by atoms with E-state index in [1.807, 2.05) is 0 Å². The van der Waals surface area contributed by atoms with Gasteiger partial charge in [0.15, 0.2) is 5.69 Å². The zero-order valence-corrected chi connectivity index (χ0v) is 19.4. The van der Waals surface area contributed by atoms with Gasteiger partial charge in [0.2, 0.25) is 0 Å². The molecular formula is C22H19F8N7O. The first-order valence-electron chi connectivity index (χ1n) is 11.1. The van der Waals surface area contributed by atoms with Crippen LogP contribution in [-0.4, -0.2) is 60.8 Å². The summed E-state index contributed by atoms with van der Waals surface area (Å²) in [5.41, 5.74) is -3.47. The first-order valence-corrected chi connectivity index (χ1v) is 11.1. The molecule has 0 radical (unpaired) electrons. The Balaban J connectivity index is 1.67. The summed E-state index contributed by atoms with van der Waals surface area (Å²) >= 11 is 0. The van der Waals surface area contributed by atoms with Crippen molar-refractivity contribution in [2.75, 3.05) is 18.4 Å². The van der Waals surface area contributed by atoms with Crippen LogP contribution in [0.2, 0.25) is 0 Å². The Morgan fingerprint density at radius 2 is 1.74 bits per heavy atom. The van der Waals surface area contributed by atoms with Crippen LogP contribution in [0.3, 0.4) is 0 Å². The van der Waals surface area contributed by atoms with Crippen molar-refractivity contribution in [1.82, 2.24) is 29.9 Å². The third-order valence-corrected chi connectivity index (χ3v) is 5.92. The number of anilines is 1. The number of pyridine rings is 2. The first-order chi connectivity index (χ1) is 17.7. The fourth-order valence-electron chi connectivity index (χ4n) is 4.16. The molecule has 3 aromatic rings. The second kappa shape index (κ2) is 9.79. The maximum atomic E-state index is 14.6. The van der Waals surface area contributed by atoms with E-state index in [9.17, 15) is 39.9 Å². The van der Waals surface area contributed by atoms with E-state index >= 15 is 0 Å². The van der Waals surface area contributed by atoms with Crippen LogP contribution in [0, 0.1) is 5.92 Å². The molecule has 1 fully saturated rings. The Labute approximate surface area is 209 Å². The second-order valence-corrected chi connectivity index (χ2v) is 8.73. The maximum absolute atomic E-state index is 14.6. The Morgan fingerprint density at radius 1 is 1.05 bits per heavy atom. The van der Waals surface area contributed by atoms with Crippen LogP contribution in [-0.2, 0) is 12.4 Å². The molecule has 1 unspecified atom stereocenters. The van der Waals surface area contributed by atoms with E-state index in [1.165, 1.54) is 19.3 Å². The van der Waals surface area contributed by atoms with Gasteiger partial charge in [0.05, 0.1) is 30.5 Å². The zero-order chi connectivity index (χ0) is 27.9. The lowest BCUT2D eigenvalue weighted by molar-refractivity contribution is -0.141. The molecule has 4 heterocycles. The van der Waals surface area contributed by atoms with Crippen LogP contribution in [0.25, 0.3) is 5.69 Å². The lowest BCUT2D eigenvalue weighted by Gasteiger charge is -2.43. The van der Waals surface area contributed by atoms with Crippen LogP contribution < -0.4 is 5.32 Å². The molecule has 1 amide bonds. The average Bonchev–Trinajstić information content (AvgIpc) is 3.36. The third-order valence-electron chi connectivity index (χ3n) is 5.92. The van der Waals surface area contributed by atoms with Gasteiger partial charge in [-0.15, -0.1) is 4.80 Å². The number of rotatable bonds is 5. The number of piperidine rings is 1. The molecule has 1 N–H and O–H groups in total. The highest BCUT2D eigenvalue weighted by Gasteiger charge is 2.47. The van der Waals surface area contributed by atoms with Crippen LogP contribution >= 0.6 is 0 Å². The smallest absolute Gasteiger partial charge is 0.368 e. The van der Waals surface area contributed by atoms with Crippen molar-refractivity contribution in [3.8, 4) is 5.69 Å². The van der Waals surface area contributed by atoms with Gasteiger partial charge < -0.3 is 10.2 Å². The predicted octanol–water partition coefficient (Wildman–Crippen LogP) is 4.69. The molecule has 0 saturated carbocycles. The minimum Gasteiger partial charge on any atom is -0.368 e. The van der Waals surface area contributed by atoms with Gasteiger partial charge in [0, 0.05) is 19.2 Å². The van der Waals surface area contributed by atoms with E-state index in [0.29, 0.717) is 17.2 Å². The average molecular weight is 549 g/mol. The van der Waals surface area contributed by atoms with Gasteiger partial charge in [-0.05, 0) is 30.2 Å². The van der Waals surface area contributed by atoms with Crippen LogP contribution in [0.4, 0.5) is 40.9 Å². The summed E-state index contributed by atoms with van der Waals surface area (Å²) in [6.45, 7) is 0.0813. The number of likely N-dealkylation sites (tertiary alicyclic amines) is 1. The van der Waals surface area contributed by atoms with E-state index in [0.717, 1.165) is 23.0 Å². The number of hydrogen-bond donors (Lipinski definition) is 1. The van der Waals surface area contributed by atoms with Gasteiger partial charge in [0.25, 0.3) is 11.8 Å². The molecule has 1 saturated heterocycles. The highest BCUT2D eigenvalue weighted by Crippen LogP contribution is 2.36. The Kier molecular flexibility index (Phi) is 7.01. The number of nitrogens with one attached hydrogen (secondary N) is 1. The molecular weight excluding hydrogens is 530 g/mol. The standard InChI is InChI=1S/C22H19F8N7O/c1-12-8-20(23,24)11-36(15(12)10-32-17-5-2-13(9-31-17)21(25,26)27)19(38)18-14(37-33-6-7-34-37)3-4-16(35-18)22(28,29)30/h2-7,9,12,15H,8,10-11H2,1H3,(H,31,32)/t12-,15?/m1/s1. The summed E-state index contributed by atoms with van der Waals surface area (Å²) in [5, 5.41) is 10.3. The fraction of sp³-hybridized carbons (Fsp3) is 0.409. The van der Waals surface area contributed by atoms with E-state index in [-0.39, 0.29) is 18.1 Å². The van der Waals surface area contributed by atoms with Crippen molar-refractivity contribution in [2.24, 2.45) is 5.92 Å². The molecule has 0 aromatic carbocycles. The van der Waals surface area contributed by atoms with E-state index < -0.39 is 66.1 Å². The molecule has 2 atom stereocenters. The van der Waals surface area contributed by atoms with Gasteiger partial charge in [-0.25, -0.2) is 18.7 Å². The molecule has 0 bridgehead atoms. The van der Waals surface area contributed by atoms with Crippen molar-refractivity contribution in [3.05, 3.63) is 59.8 Å². The number of carbonyl (C=O) groups excluding carboxylic acids is 1. The number of amides is 1. The molecule has 16 heteroatoms. The molecule has 4 rings (SSSR count). The summed E-state index contributed by atoms with van der Waals surface area (Å²) < 4.78 is 108. The van der Waals surface area contributed by atoms with E-state index in [4.69, 9.17) is 0 Å². The largest absolute Gasteiger partial charge is 0.433 e. The molecule has 3 aromatic heterocycles. The summed E-state index contributed by atoms with van der Waals surface area (Å²) in [6, 6.07) is 2.33. The number of nitrogens with zero attached hydrogens (tertiary/aromatic N) is 6. The van der Waals surface area contributed by atoms with E-state index in [2.05, 4.69) is 25.5 Å². The van der Waals surface area contributed by atoms with Crippen molar-refractivity contribution in [2.45, 2.75) is 37.7 Å². The number of aromatic nitrogens is 5. The molecule has 1 aliphatic rings. The Bertz CT molecular complexity index is 1280. The van der Waals surface area contributed by atoms with Crippen molar-refractivity contribution in [1.29, 1.82) is 0 Å². The molecule has 0 aliphatic carbocycles. The van der Waals surface area contributed by atoms with Crippen molar-refractivity contribution < 1.29 is 39.9 Å². The quantitative estimate of drug-likeness (QED) is 0.465. The minimum atomic E-state index is -4.93. The van der Waals surface area contributed by atoms with Crippen LogP contribution in [0.15, 0.2) is 42.9 Å². The van der Waals surface area contributed by atoms with Crippen LogP contribution in [0.1, 0.15) is 35.1 Å². The third kappa shape index (κ3) is 5.83. The van der Waals surface area contributed by atoms with E-state index in [1.54, 1.807) is 0 Å². The minimum absolute atomic E-state index is 0.0199. The summed E-state index contributed by atoms with van der Waals surface area (Å²) in [4.78, 5) is 22.2. The fourth-order valence-corrected chi connectivity index (χ4v) is 4.16. The van der Waals surface area contributed by atoms with Gasteiger partial charge in [-0.2, -0.15) is 36.5 Å². The highest BCUT2D eigenvalue weighted by atomic mass is 19.4. The van der Waals surface area contributed by atoms with Crippen molar-refractivity contribution >= 4 is 11.7 Å². The number of halogens is 8. The van der Waals surface area contributed by atoms with Gasteiger partial charge in [-0.3, -0.25) is 4.79 Å². The monoisotopic (exact) mass is 549 g/mol. The topological polar surface area (TPSA) is 88.8 Å². The van der Waals surface area contributed by atoms with Crippen LogP contribution in [0.5, 0.6) is 0 Å². The van der Waals surface area contributed by atoms with Crippen molar-refractivity contribution in [3.63, 3.8) is 0 Å². The molecule has 38 heavy (non-hydrogen) atoms. The van der Waals surface area contributed by atoms with Gasteiger partial charge in [0.1, 0.15) is 17.2 Å². The molecule has 0 spiro atoms. The summed E-state index contributed by atoms with van der Waals surface area (Å²) in [5.74, 6) is -5.46. The SMILES string of the molecule is C[C@@H]1CC(F)(F)CN(C(=O)c2nc(C(F)(F)F)ccc2-n2nccn2)C1CNc1ccc(C(F)(F)F)cn1.